The van der Waals surface area contributed by atoms with Crippen molar-refractivity contribution in [1.29, 1.82) is 0 Å². The molecule has 0 spiro atoms. The van der Waals surface area contributed by atoms with Crippen LogP contribution in [0.2, 0.25) is 0 Å². The number of carbonyl (C=O) groups excluding carboxylic acids is 1. The van der Waals surface area contributed by atoms with E-state index in [1.54, 1.807) is 6.92 Å². The number of amides is 1. The lowest BCUT2D eigenvalue weighted by molar-refractivity contribution is 0.102. The standard InChI is InChI=1S/C15H10F2N2OS2/c1-8-13(22-15(18-8)12-3-2-6-21-12)14(20)19-11-7-9(16)4-5-10(11)17/h2-7H,1H3,(H,19,20). The minimum atomic E-state index is -0.685. The number of thiophene rings is 1. The van der Waals surface area contributed by atoms with Crippen LogP contribution in [0.15, 0.2) is 35.7 Å². The second-order valence-corrected chi connectivity index (χ2v) is 6.44. The van der Waals surface area contributed by atoms with Gasteiger partial charge in [0.05, 0.1) is 16.3 Å². The maximum Gasteiger partial charge on any atom is 0.267 e. The van der Waals surface area contributed by atoms with Crippen LogP contribution in [0.5, 0.6) is 0 Å². The molecule has 0 aliphatic rings. The predicted molar refractivity (Wildman–Crippen MR) is 84.5 cm³/mol. The van der Waals surface area contributed by atoms with Crippen molar-refractivity contribution in [1.82, 2.24) is 4.98 Å². The molecular weight excluding hydrogens is 326 g/mol. The van der Waals surface area contributed by atoms with Crippen LogP contribution in [-0.4, -0.2) is 10.9 Å². The van der Waals surface area contributed by atoms with E-state index in [1.165, 1.54) is 22.7 Å². The van der Waals surface area contributed by atoms with E-state index in [2.05, 4.69) is 10.3 Å². The number of thiazole rings is 1. The molecule has 0 aliphatic carbocycles. The van der Waals surface area contributed by atoms with Crippen LogP contribution in [0.25, 0.3) is 9.88 Å². The molecule has 1 N–H and O–H groups in total. The van der Waals surface area contributed by atoms with Crippen LogP contribution in [0.4, 0.5) is 14.5 Å². The van der Waals surface area contributed by atoms with Gasteiger partial charge < -0.3 is 5.32 Å². The van der Waals surface area contributed by atoms with Gasteiger partial charge in [-0.1, -0.05) is 6.07 Å². The third-order valence-electron chi connectivity index (χ3n) is 2.91. The van der Waals surface area contributed by atoms with Gasteiger partial charge >= 0.3 is 0 Å². The molecule has 1 aromatic carbocycles. The quantitative estimate of drug-likeness (QED) is 0.752. The van der Waals surface area contributed by atoms with Crippen molar-refractivity contribution in [2.45, 2.75) is 6.92 Å². The predicted octanol–water partition coefficient (Wildman–Crippen LogP) is 4.71. The van der Waals surface area contributed by atoms with Gasteiger partial charge in [-0.2, -0.15) is 0 Å². The van der Waals surface area contributed by atoms with Crippen molar-refractivity contribution in [3.63, 3.8) is 0 Å². The molecule has 3 aromatic rings. The fraction of sp³-hybridized carbons (Fsp3) is 0.0667. The Labute approximate surface area is 133 Å². The molecule has 2 aromatic heterocycles. The average molecular weight is 336 g/mol. The summed E-state index contributed by atoms with van der Waals surface area (Å²) in [5.74, 6) is -1.80. The lowest BCUT2D eigenvalue weighted by Crippen LogP contribution is -2.12. The zero-order valence-electron chi connectivity index (χ0n) is 11.4. The Hall–Kier alpha value is -2.12. The number of benzene rings is 1. The van der Waals surface area contributed by atoms with Crippen molar-refractivity contribution in [2.75, 3.05) is 5.32 Å². The molecule has 0 bridgehead atoms. The number of carbonyl (C=O) groups is 1. The third kappa shape index (κ3) is 2.90. The summed E-state index contributed by atoms with van der Waals surface area (Å²) >= 11 is 2.75. The number of nitrogens with one attached hydrogen (secondary N) is 1. The van der Waals surface area contributed by atoms with E-state index >= 15 is 0 Å². The Balaban J connectivity index is 1.88. The smallest absolute Gasteiger partial charge is 0.267 e. The molecular formula is C15H10F2N2OS2. The van der Waals surface area contributed by atoms with Crippen LogP contribution in [-0.2, 0) is 0 Å². The lowest BCUT2D eigenvalue weighted by atomic mass is 10.3. The van der Waals surface area contributed by atoms with Gasteiger partial charge in [-0.15, -0.1) is 22.7 Å². The Bertz CT molecular complexity index is 828. The summed E-state index contributed by atoms with van der Waals surface area (Å²) in [7, 11) is 0. The number of hydrogen-bond acceptors (Lipinski definition) is 4. The zero-order chi connectivity index (χ0) is 15.7. The van der Waals surface area contributed by atoms with Gasteiger partial charge in [0, 0.05) is 6.07 Å². The van der Waals surface area contributed by atoms with Crippen LogP contribution in [0.3, 0.4) is 0 Å². The van der Waals surface area contributed by atoms with Crippen LogP contribution in [0.1, 0.15) is 15.4 Å². The average Bonchev–Trinajstić information content (AvgIpc) is 3.11. The first-order valence-corrected chi connectivity index (χ1v) is 8.02. The van der Waals surface area contributed by atoms with Crippen molar-refractivity contribution in [3.05, 3.63) is 57.9 Å². The van der Waals surface area contributed by atoms with Gasteiger partial charge in [-0.05, 0) is 30.5 Å². The largest absolute Gasteiger partial charge is 0.319 e. The highest BCUT2D eigenvalue weighted by molar-refractivity contribution is 7.22. The third-order valence-corrected chi connectivity index (χ3v) is 5.11. The number of anilines is 1. The Morgan fingerprint density at radius 2 is 2.09 bits per heavy atom. The molecule has 0 radical (unpaired) electrons. The van der Waals surface area contributed by atoms with Gasteiger partial charge in [-0.25, -0.2) is 13.8 Å². The van der Waals surface area contributed by atoms with Gasteiger partial charge in [0.25, 0.3) is 5.91 Å². The topological polar surface area (TPSA) is 42.0 Å². The summed E-state index contributed by atoms with van der Waals surface area (Å²) in [5, 5.41) is 5.04. The summed E-state index contributed by atoms with van der Waals surface area (Å²) in [4.78, 5) is 18.0. The summed E-state index contributed by atoms with van der Waals surface area (Å²) in [6, 6.07) is 6.73. The fourth-order valence-electron chi connectivity index (χ4n) is 1.89. The number of aromatic nitrogens is 1. The summed E-state index contributed by atoms with van der Waals surface area (Å²) < 4.78 is 26.7. The first-order valence-electron chi connectivity index (χ1n) is 6.32. The molecule has 3 nitrogen and oxygen atoms in total. The maximum atomic E-state index is 13.6. The van der Waals surface area contributed by atoms with Crippen molar-refractivity contribution in [3.8, 4) is 9.88 Å². The molecule has 0 unspecified atom stereocenters. The maximum absolute atomic E-state index is 13.6. The number of rotatable bonds is 3. The van der Waals surface area contributed by atoms with Crippen LogP contribution < -0.4 is 5.32 Å². The Morgan fingerprint density at radius 1 is 1.27 bits per heavy atom. The van der Waals surface area contributed by atoms with Gasteiger partial charge in [0.15, 0.2) is 0 Å². The molecule has 22 heavy (non-hydrogen) atoms. The number of hydrogen-bond donors (Lipinski definition) is 1. The Morgan fingerprint density at radius 3 is 2.82 bits per heavy atom. The zero-order valence-corrected chi connectivity index (χ0v) is 13.0. The molecule has 0 saturated heterocycles. The highest BCUT2D eigenvalue weighted by Crippen LogP contribution is 2.31. The molecule has 0 saturated carbocycles. The second-order valence-electron chi connectivity index (χ2n) is 4.49. The first kappa shape index (κ1) is 14.8. The fourth-order valence-corrected chi connectivity index (χ4v) is 3.64. The van der Waals surface area contributed by atoms with E-state index in [9.17, 15) is 13.6 Å². The first-order chi connectivity index (χ1) is 10.5. The van der Waals surface area contributed by atoms with Crippen LogP contribution in [0, 0.1) is 18.6 Å². The normalized spacial score (nSPS) is 10.7. The lowest BCUT2D eigenvalue weighted by Gasteiger charge is -2.05. The Kier molecular flexibility index (Phi) is 4.00. The minimum Gasteiger partial charge on any atom is -0.319 e. The van der Waals surface area contributed by atoms with E-state index in [0.717, 1.165) is 28.1 Å². The van der Waals surface area contributed by atoms with E-state index < -0.39 is 17.5 Å². The number of nitrogens with zero attached hydrogens (tertiary/aromatic N) is 1. The molecule has 112 valence electrons. The SMILES string of the molecule is Cc1nc(-c2cccs2)sc1C(=O)Nc1cc(F)ccc1F. The van der Waals surface area contributed by atoms with Crippen molar-refractivity contribution in [2.24, 2.45) is 0 Å². The summed E-state index contributed by atoms with van der Waals surface area (Å²) in [5.41, 5.74) is 0.373. The molecule has 0 atom stereocenters. The molecule has 3 rings (SSSR count). The molecule has 2 heterocycles. The van der Waals surface area contributed by atoms with E-state index in [0.29, 0.717) is 10.6 Å². The van der Waals surface area contributed by atoms with Gasteiger partial charge in [0.2, 0.25) is 0 Å². The molecule has 1 amide bonds. The monoisotopic (exact) mass is 336 g/mol. The molecule has 0 aliphatic heterocycles. The van der Waals surface area contributed by atoms with Crippen molar-refractivity contribution < 1.29 is 13.6 Å². The number of aryl methyl sites for hydroxylation is 1. The highest BCUT2D eigenvalue weighted by atomic mass is 32.1. The molecule has 7 heteroatoms. The summed E-state index contributed by atoms with van der Waals surface area (Å²) in [6.07, 6.45) is 0. The second kappa shape index (κ2) is 5.94. The van der Waals surface area contributed by atoms with E-state index in [1.807, 2.05) is 17.5 Å². The van der Waals surface area contributed by atoms with Gasteiger partial charge in [-0.3, -0.25) is 4.79 Å². The highest BCUT2D eigenvalue weighted by Gasteiger charge is 2.18. The number of halogens is 2. The summed E-state index contributed by atoms with van der Waals surface area (Å²) in [6.45, 7) is 1.71. The van der Waals surface area contributed by atoms with Crippen LogP contribution >= 0.6 is 22.7 Å². The van der Waals surface area contributed by atoms with Gasteiger partial charge in [0.1, 0.15) is 21.5 Å². The van der Waals surface area contributed by atoms with E-state index in [4.69, 9.17) is 0 Å². The molecule has 0 fully saturated rings. The van der Waals surface area contributed by atoms with Crippen molar-refractivity contribution >= 4 is 34.3 Å². The minimum absolute atomic E-state index is 0.185. The van der Waals surface area contributed by atoms with E-state index in [-0.39, 0.29) is 5.69 Å².